The van der Waals surface area contributed by atoms with Crippen molar-refractivity contribution in [2.75, 3.05) is 5.43 Å². The standard InChI is InChI=1S/C17H13N7O3/c1-9-5-6-12-11(7-9)14-16(19-12)20-17(23-21-14)22-18-8-10-3-2-4-13(15(10)25)24(26)27/h2-8,25H,1H3,(H2,19,20,22,23)/p-1/b18-8-. The van der Waals surface area contributed by atoms with Crippen molar-refractivity contribution in [3.8, 4) is 5.75 Å². The van der Waals surface area contributed by atoms with E-state index in [4.69, 9.17) is 0 Å². The molecule has 4 aromatic rings. The summed E-state index contributed by atoms with van der Waals surface area (Å²) in [6.45, 7) is 1.99. The van der Waals surface area contributed by atoms with E-state index in [1.807, 2.05) is 25.1 Å². The van der Waals surface area contributed by atoms with Gasteiger partial charge < -0.3 is 10.1 Å². The van der Waals surface area contributed by atoms with Crippen LogP contribution in [0.2, 0.25) is 0 Å². The van der Waals surface area contributed by atoms with Gasteiger partial charge in [-0.1, -0.05) is 23.8 Å². The molecular formula is C17H12N7O3-. The highest BCUT2D eigenvalue weighted by atomic mass is 16.6. The highest BCUT2D eigenvalue weighted by Gasteiger charge is 2.10. The number of nitro benzene ring substituents is 1. The molecule has 0 bridgehead atoms. The quantitative estimate of drug-likeness (QED) is 0.321. The number of rotatable bonds is 4. The van der Waals surface area contributed by atoms with Crippen LogP contribution in [0.3, 0.4) is 0 Å². The molecule has 0 aliphatic carbocycles. The van der Waals surface area contributed by atoms with Crippen molar-refractivity contribution in [1.29, 1.82) is 0 Å². The maximum Gasteiger partial charge on any atom is 0.265 e. The van der Waals surface area contributed by atoms with Gasteiger partial charge in [0.15, 0.2) is 5.65 Å². The summed E-state index contributed by atoms with van der Waals surface area (Å²) in [5.74, 6) is -0.589. The number of anilines is 1. The summed E-state index contributed by atoms with van der Waals surface area (Å²) in [4.78, 5) is 17.5. The predicted octanol–water partition coefficient (Wildman–Crippen LogP) is 2.24. The van der Waals surface area contributed by atoms with Gasteiger partial charge in [-0.3, -0.25) is 10.1 Å². The number of para-hydroxylation sites is 1. The summed E-state index contributed by atoms with van der Waals surface area (Å²) < 4.78 is 0. The van der Waals surface area contributed by atoms with Gasteiger partial charge in [-0.05, 0) is 30.4 Å². The third kappa shape index (κ3) is 2.99. The van der Waals surface area contributed by atoms with E-state index in [9.17, 15) is 15.2 Å². The Balaban J connectivity index is 1.61. The van der Waals surface area contributed by atoms with Crippen LogP contribution in [0, 0.1) is 17.0 Å². The van der Waals surface area contributed by atoms with Gasteiger partial charge in [0.05, 0.1) is 11.1 Å². The Bertz CT molecular complexity index is 1220. The van der Waals surface area contributed by atoms with Gasteiger partial charge in [-0.2, -0.15) is 10.1 Å². The van der Waals surface area contributed by atoms with Crippen molar-refractivity contribution < 1.29 is 10.0 Å². The zero-order chi connectivity index (χ0) is 19.0. The Morgan fingerprint density at radius 2 is 2.11 bits per heavy atom. The van der Waals surface area contributed by atoms with Gasteiger partial charge in [0.25, 0.3) is 11.6 Å². The lowest BCUT2D eigenvalue weighted by Gasteiger charge is -2.09. The minimum absolute atomic E-state index is 0.0758. The summed E-state index contributed by atoms with van der Waals surface area (Å²) in [5.41, 5.74) is 5.32. The molecule has 2 aromatic carbocycles. The number of hydrogen-bond donors (Lipinski definition) is 2. The zero-order valence-corrected chi connectivity index (χ0v) is 14.0. The molecule has 0 saturated carbocycles. The smallest absolute Gasteiger partial charge is 0.265 e. The molecule has 10 nitrogen and oxygen atoms in total. The van der Waals surface area contributed by atoms with Crippen LogP contribution in [0.25, 0.3) is 22.1 Å². The van der Waals surface area contributed by atoms with E-state index >= 15 is 0 Å². The van der Waals surface area contributed by atoms with Crippen LogP contribution < -0.4 is 10.5 Å². The van der Waals surface area contributed by atoms with Crippen molar-refractivity contribution in [2.45, 2.75) is 6.92 Å². The number of aryl methyl sites for hydroxylation is 1. The van der Waals surface area contributed by atoms with E-state index in [2.05, 4.69) is 30.7 Å². The van der Waals surface area contributed by atoms with Crippen LogP contribution in [0.1, 0.15) is 11.1 Å². The topological polar surface area (TPSA) is 145 Å². The predicted molar refractivity (Wildman–Crippen MR) is 97.7 cm³/mol. The largest absolute Gasteiger partial charge is 0.867 e. The first kappa shape index (κ1) is 16.4. The Labute approximate surface area is 151 Å². The second kappa shape index (κ2) is 6.33. The number of nitrogens with zero attached hydrogens (tertiary/aromatic N) is 5. The zero-order valence-electron chi connectivity index (χ0n) is 14.0. The second-order valence-electron chi connectivity index (χ2n) is 5.83. The molecule has 10 heteroatoms. The van der Waals surface area contributed by atoms with Gasteiger partial charge in [0.2, 0.25) is 0 Å². The second-order valence-corrected chi connectivity index (χ2v) is 5.83. The van der Waals surface area contributed by atoms with E-state index in [1.165, 1.54) is 18.3 Å². The highest BCUT2D eigenvalue weighted by Crippen LogP contribution is 2.25. The fourth-order valence-electron chi connectivity index (χ4n) is 2.68. The van der Waals surface area contributed by atoms with Crippen LogP contribution in [0.5, 0.6) is 5.75 Å². The fraction of sp³-hybridized carbons (Fsp3) is 0.0588. The molecule has 0 spiro atoms. The molecule has 0 aliphatic heterocycles. The minimum Gasteiger partial charge on any atom is -0.867 e. The lowest BCUT2D eigenvalue weighted by molar-refractivity contribution is -0.398. The molecule has 0 saturated heterocycles. The molecule has 0 fully saturated rings. The Kier molecular flexibility index (Phi) is 3.84. The minimum atomic E-state index is -0.730. The van der Waals surface area contributed by atoms with Crippen molar-refractivity contribution in [2.24, 2.45) is 5.10 Å². The summed E-state index contributed by atoms with van der Waals surface area (Å²) in [6.07, 6.45) is 1.18. The Morgan fingerprint density at radius 3 is 2.93 bits per heavy atom. The fourth-order valence-corrected chi connectivity index (χ4v) is 2.68. The molecule has 0 aliphatic rings. The number of fused-ring (bicyclic) bond motifs is 3. The van der Waals surface area contributed by atoms with Crippen LogP contribution in [-0.2, 0) is 0 Å². The molecule has 27 heavy (non-hydrogen) atoms. The molecule has 0 unspecified atom stereocenters. The maximum atomic E-state index is 11.9. The molecule has 0 atom stereocenters. The average Bonchev–Trinajstić information content (AvgIpc) is 3.00. The Hall–Kier alpha value is -4.08. The molecular weight excluding hydrogens is 350 g/mol. The van der Waals surface area contributed by atoms with E-state index in [1.54, 1.807) is 0 Å². The SMILES string of the molecule is Cc1ccc2[nH]c3nc(N/N=C\c4cccc([N+](=O)[O-])c4[O-])nnc3c2c1. The van der Waals surface area contributed by atoms with Gasteiger partial charge >= 0.3 is 0 Å². The lowest BCUT2D eigenvalue weighted by atomic mass is 10.2. The third-order valence-corrected chi connectivity index (χ3v) is 3.96. The average molecular weight is 362 g/mol. The summed E-state index contributed by atoms with van der Waals surface area (Å²) >= 11 is 0. The molecule has 134 valence electrons. The lowest BCUT2D eigenvalue weighted by Crippen LogP contribution is -2.03. The highest BCUT2D eigenvalue weighted by molar-refractivity contribution is 6.03. The number of nitrogens with one attached hydrogen (secondary N) is 2. The van der Waals surface area contributed by atoms with Crippen molar-refractivity contribution >= 4 is 39.9 Å². The van der Waals surface area contributed by atoms with Gasteiger partial charge in [-0.25, -0.2) is 5.43 Å². The van der Waals surface area contributed by atoms with E-state index in [-0.39, 0.29) is 11.5 Å². The van der Waals surface area contributed by atoms with Crippen molar-refractivity contribution in [1.82, 2.24) is 20.2 Å². The first-order chi connectivity index (χ1) is 13.0. The van der Waals surface area contributed by atoms with Crippen LogP contribution >= 0.6 is 0 Å². The monoisotopic (exact) mass is 362 g/mol. The number of aromatic amines is 1. The normalized spacial score (nSPS) is 11.4. The number of nitro groups is 1. The van der Waals surface area contributed by atoms with E-state index in [0.717, 1.165) is 22.5 Å². The third-order valence-electron chi connectivity index (χ3n) is 3.96. The molecule has 4 rings (SSSR count). The van der Waals surface area contributed by atoms with Gasteiger partial charge in [-0.15, -0.1) is 10.2 Å². The van der Waals surface area contributed by atoms with Crippen LogP contribution in [-0.4, -0.2) is 31.3 Å². The van der Waals surface area contributed by atoms with Crippen LogP contribution in [0.15, 0.2) is 41.5 Å². The molecule has 2 aromatic heterocycles. The van der Waals surface area contributed by atoms with Gasteiger partial charge in [0.1, 0.15) is 5.52 Å². The van der Waals surface area contributed by atoms with Crippen molar-refractivity contribution in [3.63, 3.8) is 0 Å². The maximum absolute atomic E-state index is 11.9. The summed E-state index contributed by atoms with van der Waals surface area (Å²) in [5, 5.41) is 35.7. The van der Waals surface area contributed by atoms with Crippen molar-refractivity contribution in [3.05, 3.63) is 57.6 Å². The van der Waals surface area contributed by atoms with E-state index in [0.29, 0.717) is 11.2 Å². The first-order valence-corrected chi connectivity index (χ1v) is 7.89. The molecule has 0 amide bonds. The van der Waals surface area contributed by atoms with Crippen LogP contribution in [0.4, 0.5) is 11.6 Å². The number of hydrogen-bond acceptors (Lipinski definition) is 8. The van der Waals surface area contributed by atoms with Gasteiger partial charge in [0, 0.05) is 17.0 Å². The molecule has 2 N–H and O–H groups in total. The molecule has 2 heterocycles. The summed E-state index contributed by atoms with van der Waals surface area (Å²) in [6, 6.07) is 9.91. The van der Waals surface area contributed by atoms with E-state index < -0.39 is 16.4 Å². The number of hydrazone groups is 1. The number of aromatic nitrogens is 4. The molecule has 0 radical (unpaired) electrons. The Morgan fingerprint density at radius 1 is 1.26 bits per heavy atom. The summed E-state index contributed by atoms with van der Waals surface area (Å²) in [7, 11) is 0. The first-order valence-electron chi connectivity index (χ1n) is 7.89. The number of benzene rings is 2. The number of H-pyrrole nitrogens is 1.